The van der Waals surface area contributed by atoms with Crippen molar-refractivity contribution in [1.82, 2.24) is 9.96 Å². The zero-order valence-electron chi connectivity index (χ0n) is 9.48. The molecule has 1 fully saturated rings. The normalized spacial score (nSPS) is 22.6. The van der Waals surface area contributed by atoms with Crippen molar-refractivity contribution >= 4 is 12.0 Å². The molecular weight excluding hydrogens is 238 g/mol. The van der Waals surface area contributed by atoms with Crippen molar-refractivity contribution in [2.75, 3.05) is 20.7 Å². The Morgan fingerprint density at radius 2 is 2.18 bits per heavy atom. The number of amides is 2. The quantitative estimate of drug-likeness (QED) is 0.631. The minimum absolute atomic E-state index is 0.353. The van der Waals surface area contributed by atoms with Gasteiger partial charge >= 0.3 is 0 Å². The summed E-state index contributed by atoms with van der Waals surface area (Å²) in [5.74, 6) is -3.68. The van der Waals surface area contributed by atoms with Crippen LogP contribution in [0.1, 0.15) is 12.8 Å². The summed E-state index contributed by atoms with van der Waals surface area (Å²) >= 11 is 0. The Balaban J connectivity index is 2.69. The van der Waals surface area contributed by atoms with Crippen molar-refractivity contribution in [3.05, 3.63) is 0 Å². The van der Waals surface area contributed by atoms with Crippen LogP contribution in [-0.2, 0) is 9.63 Å². The van der Waals surface area contributed by atoms with E-state index in [-0.39, 0.29) is 6.42 Å². The van der Waals surface area contributed by atoms with Gasteiger partial charge in [0.25, 0.3) is 5.92 Å². The first-order chi connectivity index (χ1) is 7.76. The minimum Gasteiger partial charge on any atom is -0.530 e. The van der Waals surface area contributed by atoms with Crippen LogP contribution in [-0.4, -0.2) is 54.6 Å². The first-order valence-electron chi connectivity index (χ1n) is 4.93. The molecule has 0 aromatic heterocycles. The van der Waals surface area contributed by atoms with Gasteiger partial charge in [0, 0.05) is 25.9 Å². The molecule has 17 heavy (non-hydrogen) atoms. The van der Waals surface area contributed by atoms with E-state index in [1.54, 1.807) is 0 Å². The van der Waals surface area contributed by atoms with E-state index in [1.807, 2.05) is 0 Å². The number of rotatable bonds is 3. The van der Waals surface area contributed by atoms with Gasteiger partial charge in [-0.2, -0.15) is 0 Å². The summed E-state index contributed by atoms with van der Waals surface area (Å²) in [6, 6.07) is -1.07. The third-order valence-corrected chi connectivity index (χ3v) is 2.65. The Hall–Kier alpha value is -1.44. The molecule has 0 spiro atoms. The predicted octanol–water partition coefficient (Wildman–Crippen LogP) is -0.551. The molecule has 1 atom stereocenters. The van der Waals surface area contributed by atoms with Gasteiger partial charge in [-0.3, -0.25) is 9.63 Å². The topological polar surface area (TPSA) is 72.9 Å². The van der Waals surface area contributed by atoms with Crippen LogP contribution < -0.4 is 5.11 Å². The van der Waals surface area contributed by atoms with Crippen LogP contribution in [0.3, 0.4) is 0 Å². The van der Waals surface area contributed by atoms with Gasteiger partial charge in [0.1, 0.15) is 6.09 Å². The van der Waals surface area contributed by atoms with Gasteiger partial charge in [-0.1, -0.05) is 0 Å². The highest BCUT2D eigenvalue weighted by Gasteiger charge is 2.45. The zero-order valence-corrected chi connectivity index (χ0v) is 9.48. The molecular formula is C9H13F2N2O4-. The van der Waals surface area contributed by atoms with Gasteiger partial charge < -0.3 is 14.8 Å². The Kier molecular flexibility index (Phi) is 3.87. The van der Waals surface area contributed by atoms with E-state index in [1.165, 1.54) is 14.2 Å². The fourth-order valence-corrected chi connectivity index (χ4v) is 1.73. The summed E-state index contributed by atoms with van der Waals surface area (Å²) in [6.45, 7) is -0.927. The van der Waals surface area contributed by atoms with Crippen LogP contribution in [0.25, 0.3) is 0 Å². The molecule has 0 bridgehead atoms. The molecule has 8 heteroatoms. The summed E-state index contributed by atoms with van der Waals surface area (Å²) in [5.41, 5.74) is 0. The molecule has 0 aliphatic carbocycles. The highest BCUT2D eigenvalue weighted by Crippen LogP contribution is 2.33. The first-order valence-corrected chi connectivity index (χ1v) is 4.93. The van der Waals surface area contributed by atoms with Crippen LogP contribution in [0.2, 0.25) is 0 Å². The average molecular weight is 251 g/mol. The van der Waals surface area contributed by atoms with Crippen LogP contribution >= 0.6 is 0 Å². The monoisotopic (exact) mass is 251 g/mol. The zero-order chi connectivity index (χ0) is 13.2. The van der Waals surface area contributed by atoms with Crippen LogP contribution in [0.4, 0.5) is 13.6 Å². The lowest BCUT2D eigenvalue weighted by atomic mass is 10.1. The molecule has 2 amide bonds. The van der Waals surface area contributed by atoms with Crippen LogP contribution in [0, 0.1) is 0 Å². The second-order valence-electron chi connectivity index (χ2n) is 3.89. The second-order valence-corrected chi connectivity index (χ2v) is 3.89. The smallest absolute Gasteiger partial charge is 0.267 e. The van der Waals surface area contributed by atoms with E-state index in [9.17, 15) is 23.5 Å². The lowest BCUT2D eigenvalue weighted by Gasteiger charge is -2.26. The van der Waals surface area contributed by atoms with Gasteiger partial charge in [-0.05, 0) is 0 Å². The molecule has 0 saturated carbocycles. The van der Waals surface area contributed by atoms with Crippen molar-refractivity contribution in [1.29, 1.82) is 0 Å². The van der Waals surface area contributed by atoms with E-state index in [2.05, 4.69) is 4.84 Å². The fraction of sp³-hybridized carbons (Fsp3) is 0.778. The van der Waals surface area contributed by atoms with Gasteiger partial charge in [0.2, 0.25) is 5.91 Å². The first kappa shape index (κ1) is 13.6. The third kappa shape index (κ3) is 3.26. The molecule has 0 N–H and O–H groups in total. The molecule has 6 nitrogen and oxygen atoms in total. The number of carbonyl (C=O) groups excluding carboxylic acids is 2. The van der Waals surface area contributed by atoms with Crippen LogP contribution in [0.15, 0.2) is 0 Å². The number of nitrogens with zero attached hydrogens (tertiary/aromatic N) is 2. The Morgan fingerprint density at radius 3 is 2.65 bits per heavy atom. The summed E-state index contributed by atoms with van der Waals surface area (Å²) in [5, 5.41) is 11.5. The van der Waals surface area contributed by atoms with E-state index >= 15 is 0 Å². The third-order valence-electron chi connectivity index (χ3n) is 2.65. The SMILES string of the molecule is CON(C)C(=O)CC1CC(F)(F)CN1C(=O)[O-]. The van der Waals surface area contributed by atoms with Crippen LogP contribution in [0.5, 0.6) is 0 Å². The summed E-state index contributed by atoms with van der Waals surface area (Å²) in [7, 11) is 2.57. The molecule has 0 aromatic carbocycles. The van der Waals surface area contributed by atoms with Crippen molar-refractivity contribution in [3.63, 3.8) is 0 Å². The maximum absolute atomic E-state index is 13.0. The maximum Gasteiger partial charge on any atom is 0.267 e. The number of halogens is 2. The molecule has 0 aromatic rings. The number of carboxylic acid groups (broad SMARTS) is 1. The van der Waals surface area contributed by atoms with Gasteiger partial charge in [-0.25, -0.2) is 13.8 Å². The summed E-state index contributed by atoms with van der Waals surface area (Å²) < 4.78 is 26.1. The molecule has 1 unspecified atom stereocenters. The van der Waals surface area contributed by atoms with E-state index < -0.39 is 36.9 Å². The largest absolute Gasteiger partial charge is 0.530 e. The minimum atomic E-state index is -3.11. The number of likely N-dealkylation sites (tertiary alicyclic amines) is 1. The number of alkyl halides is 2. The highest BCUT2D eigenvalue weighted by atomic mass is 19.3. The van der Waals surface area contributed by atoms with Gasteiger partial charge in [-0.15, -0.1) is 0 Å². The average Bonchev–Trinajstić information content (AvgIpc) is 2.52. The van der Waals surface area contributed by atoms with E-state index in [0.717, 1.165) is 5.06 Å². The van der Waals surface area contributed by atoms with Crippen molar-refractivity contribution < 1.29 is 28.3 Å². The number of hydrogen-bond acceptors (Lipinski definition) is 4. The number of hydroxylamine groups is 2. The van der Waals surface area contributed by atoms with Crippen molar-refractivity contribution in [2.45, 2.75) is 24.8 Å². The lowest BCUT2D eigenvalue weighted by Crippen LogP contribution is -2.46. The Bertz CT molecular complexity index is 324. The van der Waals surface area contributed by atoms with Gasteiger partial charge in [0.15, 0.2) is 0 Å². The fourth-order valence-electron chi connectivity index (χ4n) is 1.73. The molecule has 1 rings (SSSR count). The number of hydrogen-bond donors (Lipinski definition) is 0. The predicted molar refractivity (Wildman–Crippen MR) is 49.9 cm³/mol. The highest BCUT2D eigenvalue weighted by molar-refractivity contribution is 5.76. The number of carbonyl (C=O) groups is 2. The second kappa shape index (κ2) is 4.82. The van der Waals surface area contributed by atoms with E-state index in [0.29, 0.717) is 4.90 Å². The van der Waals surface area contributed by atoms with E-state index in [4.69, 9.17) is 0 Å². The Morgan fingerprint density at radius 1 is 1.59 bits per heavy atom. The summed E-state index contributed by atoms with van der Waals surface area (Å²) in [4.78, 5) is 27.1. The van der Waals surface area contributed by atoms with Gasteiger partial charge in [0.05, 0.1) is 13.7 Å². The standard InChI is InChI=1S/C9H14F2N2O4/c1-12(17-2)7(14)3-6-4-9(10,11)5-13(6)8(15)16/h6H,3-5H2,1-2H3,(H,15,16)/p-1. The Labute approximate surface area is 96.7 Å². The maximum atomic E-state index is 13.0. The van der Waals surface area contributed by atoms with Crippen molar-refractivity contribution in [3.8, 4) is 0 Å². The molecule has 1 aliphatic heterocycles. The van der Waals surface area contributed by atoms with Crippen molar-refractivity contribution in [2.24, 2.45) is 0 Å². The lowest BCUT2D eigenvalue weighted by molar-refractivity contribution is -0.267. The molecule has 0 radical (unpaired) electrons. The molecule has 98 valence electrons. The molecule has 1 aliphatic rings. The summed E-state index contributed by atoms with van der Waals surface area (Å²) in [6.07, 6.45) is -2.72. The molecule has 1 saturated heterocycles. The molecule has 1 heterocycles.